The van der Waals surface area contributed by atoms with Crippen molar-refractivity contribution in [1.29, 1.82) is 0 Å². The minimum absolute atomic E-state index is 1.03. The van der Waals surface area contributed by atoms with Gasteiger partial charge in [0.15, 0.2) is 8.32 Å². The molecule has 1 unspecified atom stereocenters. The minimum atomic E-state index is -1.19. The predicted molar refractivity (Wildman–Crippen MR) is 54.8 cm³/mol. The van der Waals surface area contributed by atoms with Gasteiger partial charge in [-0.1, -0.05) is 22.4 Å². The van der Waals surface area contributed by atoms with Gasteiger partial charge in [-0.15, -0.1) is 0 Å². The van der Waals surface area contributed by atoms with Gasteiger partial charge in [0.1, 0.15) is 0 Å². The molecule has 0 radical (unpaired) electrons. The molecule has 1 saturated heterocycles. The lowest BCUT2D eigenvalue weighted by molar-refractivity contribution is 0.270. The Kier molecular flexibility index (Phi) is 4.10. The predicted octanol–water partition coefficient (Wildman–Crippen LogP) is 3.16. The average Bonchev–Trinajstić information content (AvgIpc) is 2.03. The van der Waals surface area contributed by atoms with E-state index < -0.39 is 8.32 Å². The Balaban J connectivity index is 2.25. The van der Waals surface area contributed by atoms with Crippen LogP contribution in [0.4, 0.5) is 0 Å². The molecule has 0 saturated carbocycles. The summed E-state index contributed by atoms with van der Waals surface area (Å²) in [5.74, 6) is 0. The first kappa shape index (κ1) is 9.74. The second-order valence-electron chi connectivity index (χ2n) is 3.55. The van der Waals surface area contributed by atoms with Gasteiger partial charge in [0.25, 0.3) is 0 Å². The van der Waals surface area contributed by atoms with Crippen molar-refractivity contribution in [2.75, 3.05) is 11.9 Å². The molecule has 11 heavy (non-hydrogen) atoms. The second-order valence-corrected chi connectivity index (χ2v) is 8.53. The molecule has 1 fully saturated rings. The third-order valence-corrected chi connectivity index (χ3v) is 6.67. The van der Waals surface area contributed by atoms with E-state index in [1.807, 2.05) is 0 Å². The number of alkyl halides is 1. The van der Waals surface area contributed by atoms with E-state index in [4.69, 9.17) is 4.43 Å². The molecule has 0 aromatic rings. The first-order valence-corrected chi connectivity index (χ1v) is 8.41. The fourth-order valence-corrected chi connectivity index (χ4v) is 5.53. The molecule has 0 bridgehead atoms. The highest BCUT2D eigenvalue weighted by Crippen LogP contribution is 2.26. The first-order valence-electron chi connectivity index (χ1n) is 4.47. The molecule has 0 amide bonds. The highest BCUT2D eigenvalue weighted by atomic mass is 79.9. The lowest BCUT2D eigenvalue weighted by atomic mass is 10.4. The summed E-state index contributed by atoms with van der Waals surface area (Å²) in [7, 11) is -1.19. The van der Waals surface area contributed by atoms with Gasteiger partial charge in [-0.25, -0.2) is 0 Å². The van der Waals surface area contributed by atoms with E-state index in [9.17, 15) is 0 Å². The van der Waals surface area contributed by atoms with E-state index in [-0.39, 0.29) is 0 Å². The lowest BCUT2D eigenvalue weighted by Crippen LogP contribution is -2.37. The van der Waals surface area contributed by atoms with Crippen molar-refractivity contribution in [1.82, 2.24) is 0 Å². The summed E-state index contributed by atoms with van der Waals surface area (Å²) in [4.78, 5) is 0. The number of hydrogen-bond acceptors (Lipinski definition) is 1. The Bertz CT molecular complexity index is 113. The molecule has 0 aromatic carbocycles. The number of hydrogen-bond donors (Lipinski definition) is 0. The van der Waals surface area contributed by atoms with Crippen LogP contribution in [0.3, 0.4) is 0 Å². The molecule has 0 aliphatic carbocycles. The summed E-state index contributed by atoms with van der Waals surface area (Å²) in [6.45, 7) is 3.42. The minimum Gasteiger partial charge on any atom is -0.417 e. The van der Waals surface area contributed by atoms with Crippen LogP contribution in [0.5, 0.6) is 0 Å². The van der Waals surface area contributed by atoms with Gasteiger partial charge in [-0.05, 0) is 31.5 Å². The van der Waals surface area contributed by atoms with Crippen LogP contribution < -0.4 is 0 Å². The van der Waals surface area contributed by atoms with Gasteiger partial charge in [-0.3, -0.25) is 0 Å². The van der Waals surface area contributed by atoms with E-state index in [0.717, 1.165) is 11.9 Å². The van der Waals surface area contributed by atoms with E-state index in [2.05, 4.69) is 22.5 Å². The van der Waals surface area contributed by atoms with Crippen LogP contribution in [0.1, 0.15) is 19.3 Å². The molecule has 1 aliphatic heterocycles. The number of rotatable bonds is 3. The van der Waals surface area contributed by atoms with Crippen molar-refractivity contribution < 1.29 is 4.43 Å². The highest BCUT2D eigenvalue weighted by Gasteiger charge is 2.30. The SMILES string of the molecule is C[Si]1(CCCBr)CCCCO1. The fraction of sp³-hybridized carbons (Fsp3) is 1.00. The maximum absolute atomic E-state index is 5.89. The summed E-state index contributed by atoms with van der Waals surface area (Å²) in [6.07, 6.45) is 3.99. The van der Waals surface area contributed by atoms with Crippen molar-refractivity contribution >= 4 is 24.2 Å². The van der Waals surface area contributed by atoms with Gasteiger partial charge in [0, 0.05) is 11.9 Å². The molecule has 0 aromatic heterocycles. The van der Waals surface area contributed by atoms with Crippen LogP contribution >= 0.6 is 15.9 Å². The van der Waals surface area contributed by atoms with E-state index in [1.165, 1.54) is 31.4 Å². The van der Waals surface area contributed by atoms with Gasteiger partial charge in [0.2, 0.25) is 0 Å². The average molecular weight is 237 g/mol. The molecule has 3 heteroatoms. The molecule has 1 nitrogen and oxygen atoms in total. The molecular weight excluding hydrogens is 220 g/mol. The van der Waals surface area contributed by atoms with Crippen LogP contribution in [-0.2, 0) is 4.43 Å². The maximum Gasteiger partial charge on any atom is 0.189 e. The molecule has 1 atom stereocenters. The third kappa shape index (κ3) is 3.26. The van der Waals surface area contributed by atoms with E-state index in [1.54, 1.807) is 0 Å². The number of halogens is 1. The zero-order valence-corrected chi connectivity index (χ0v) is 9.82. The van der Waals surface area contributed by atoms with Gasteiger partial charge < -0.3 is 4.43 Å². The Hall–Kier alpha value is 0.657. The van der Waals surface area contributed by atoms with Gasteiger partial charge in [0.05, 0.1) is 0 Å². The summed E-state index contributed by atoms with van der Waals surface area (Å²) in [5, 5.41) is 1.14. The van der Waals surface area contributed by atoms with Crippen LogP contribution in [0, 0.1) is 0 Å². The van der Waals surface area contributed by atoms with E-state index >= 15 is 0 Å². The van der Waals surface area contributed by atoms with Crippen LogP contribution in [0.2, 0.25) is 18.6 Å². The zero-order valence-electron chi connectivity index (χ0n) is 7.24. The maximum atomic E-state index is 5.89. The Morgan fingerprint density at radius 1 is 1.45 bits per heavy atom. The first-order chi connectivity index (χ1) is 5.27. The molecule has 1 heterocycles. The van der Waals surface area contributed by atoms with Crippen molar-refractivity contribution in [2.45, 2.75) is 37.9 Å². The topological polar surface area (TPSA) is 9.23 Å². The molecule has 1 aliphatic rings. The monoisotopic (exact) mass is 236 g/mol. The van der Waals surface area contributed by atoms with Crippen molar-refractivity contribution in [3.8, 4) is 0 Å². The largest absolute Gasteiger partial charge is 0.417 e. The van der Waals surface area contributed by atoms with Gasteiger partial charge >= 0.3 is 0 Å². The van der Waals surface area contributed by atoms with Crippen molar-refractivity contribution in [3.63, 3.8) is 0 Å². The quantitative estimate of drug-likeness (QED) is 0.541. The molecule has 1 rings (SSSR count). The van der Waals surface area contributed by atoms with Gasteiger partial charge in [-0.2, -0.15) is 0 Å². The normalized spacial score (nSPS) is 32.2. The van der Waals surface area contributed by atoms with Crippen molar-refractivity contribution in [3.05, 3.63) is 0 Å². The summed E-state index contributed by atoms with van der Waals surface area (Å²) < 4.78 is 5.89. The van der Waals surface area contributed by atoms with Crippen LogP contribution in [0.25, 0.3) is 0 Å². The summed E-state index contributed by atoms with van der Waals surface area (Å²) in [5.41, 5.74) is 0. The molecule has 0 spiro atoms. The molecule has 66 valence electrons. The zero-order chi connectivity index (χ0) is 8.16. The Morgan fingerprint density at radius 3 is 2.82 bits per heavy atom. The Labute approximate surface area is 78.8 Å². The Morgan fingerprint density at radius 2 is 2.27 bits per heavy atom. The molecule has 0 N–H and O–H groups in total. The fourth-order valence-electron chi connectivity index (χ4n) is 1.63. The highest BCUT2D eigenvalue weighted by molar-refractivity contribution is 9.09. The summed E-state index contributed by atoms with van der Waals surface area (Å²) >= 11 is 3.47. The van der Waals surface area contributed by atoms with E-state index in [0.29, 0.717) is 0 Å². The van der Waals surface area contributed by atoms with Crippen LogP contribution in [0.15, 0.2) is 0 Å². The standard InChI is InChI=1S/C8H17BrOSi/c1-11(8-4-5-9)7-3-2-6-10-11/h2-8H2,1H3. The van der Waals surface area contributed by atoms with Crippen molar-refractivity contribution in [2.24, 2.45) is 0 Å². The molecular formula is C8H17BrOSi. The summed E-state index contributed by atoms with van der Waals surface area (Å²) in [6, 6.07) is 2.73. The second kappa shape index (κ2) is 4.63. The van der Waals surface area contributed by atoms with Crippen LogP contribution in [-0.4, -0.2) is 20.3 Å². The lowest BCUT2D eigenvalue weighted by Gasteiger charge is -2.31. The third-order valence-electron chi connectivity index (χ3n) is 2.39. The smallest absolute Gasteiger partial charge is 0.189 e.